The van der Waals surface area contributed by atoms with Gasteiger partial charge in [-0.1, -0.05) is 32.9 Å². The number of carbonyl (C=O) groups is 1. The van der Waals surface area contributed by atoms with Gasteiger partial charge < -0.3 is 10.6 Å². The standard InChI is InChI=1S/C21H25N5O/c1-21(2,3)17-4-6-18(7-5-17)24-20(27)23-13-15-26-14-10-19(25-26)16-8-11-22-12-9-16/h4-12,14H,13,15H2,1-3H3,(H2,23,24,27). The molecule has 0 radical (unpaired) electrons. The molecule has 0 spiro atoms. The van der Waals surface area contributed by atoms with E-state index in [0.29, 0.717) is 13.1 Å². The highest BCUT2D eigenvalue weighted by molar-refractivity contribution is 5.89. The number of hydrogen-bond acceptors (Lipinski definition) is 3. The van der Waals surface area contributed by atoms with Gasteiger partial charge >= 0.3 is 6.03 Å². The maximum atomic E-state index is 12.1. The maximum absolute atomic E-state index is 12.1. The van der Waals surface area contributed by atoms with Gasteiger partial charge in [0.05, 0.1) is 12.2 Å². The summed E-state index contributed by atoms with van der Waals surface area (Å²) >= 11 is 0. The van der Waals surface area contributed by atoms with Crippen LogP contribution in [0.4, 0.5) is 10.5 Å². The van der Waals surface area contributed by atoms with E-state index >= 15 is 0 Å². The zero-order chi connectivity index (χ0) is 19.3. The minimum Gasteiger partial charge on any atom is -0.336 e. The first-order valence-corrected chi connectivity index (χ1v) is 9.01. The lowest BCUT2D eigenvalue weighted by molar-refractivity contribution is 0.251. The van der Waals surface area contributed by atoms with Crippen LogP contribution in [-0.2, 0) is 12.0 Å². The molecule has 2 N–H and O–H groups in total. The monoisotopic (exact) mass is 363 g/mol. The molecule has 0 saturated heterocycles. The molecule has 0 bridgehead atoms. The van der Waals surface area contributed by atoms with Gasteiger partial charge in [-0.25, -0.2) is 4.79 Å². The smallest absolute Gasteiger partial charge is 0.319 e. The largest absolute Gasteiger partial charge is 0.336 e. The summed E-state index contributed by atoms with van der Waals surface area (Å²) in [5.41, 5.74) is 4.02. The Morgan fingerprint density at radius 3 is 2.41 bits per heavy atom. The molecule has 0 unspecified atom stereocenters. The first-order valence-electron chi connectivity index (χ1n) is 9.01. The molecule has 1 aromatic carbocycles. The second kappa shape index (κ2) is 8.03. The minimum absolute atomic E-state index is 0.0969. The van der Waals surface area contributed by atoms with Crippen molar-refractivity contribution in [2.24, 2.45) is 0 Å². The summed E-state index contributed by atoms with van der Waals surface area (Å²) in [5, 5.41) is 10.2. The molecule has 2 heterocycles. The van der Waals surface area contributed by atoms with Crippen molar-refractivity contribution in [1.29, 1.82) is 0 Å². The molecule has 0 fully saturated rings. The molecule has 3 aromatic rings. The number of aromatic nitrogens is 3. The van der Waals surface area contributed by atoms with Crippen molar-refractivity contribution >= 4 is 11.7 Å². The van der Waals surface area contributed by atoms with Crippen LogP contribution in [0.25, 0.3) is 11.3 Å². The van der Waals surface area contributed by atoms with E-state index in [1.165, 1.54) is 5.56 Å². The van der Waals surface area contributed by atoms with Gasteiger partial charge in [-0.05, 0) is 41.3 Å². The Hall–Kier alpha value is -3.15. The zero-order valence-corrected chi connectivity index (χ0v) is 15.9. The van der Waals surface area contributed by atoms with E-state index in [4.69, 9.17) is 0 Å². The fraction of sp³-hybridized carbons (Fsp3) is 0.286. The minimum atomic E-state index is -0.222. The number of benzene rings is 1. The van der Waals surface area contributed by atoms with E-state index in [9.17, 15) is 4.79 Å². The van der Waals surface area contributed by atoms with Crippen molar-refractivity contribution in [2.45, 2.75) is 32.7 Å². The third kappa shape index (κ3) is 5.17. The summed E-state index contributed by atoms with van der Waals surface area (Å²) < 4.78 is 1.81. The second-order valence-electron chi connectivity index (χ2n) is 7.41. The Morgan fingerprint density at radius 1 is 1.04 bits per heavy atom. The molecule has 0 saturated carbocycles. The van der Waals surface area contributed by atoms with Crippen molar-refractivity contribution in [3.63, 3.8) is 0 Å². The molecule has 6 nitrogen and oxygen atoms in total. The van der Waals surface area contributed by atoms with E-state index in [-0.39, 0.29) is 11.4 Å². The van der Waals surface area contributed by atoms with E-state index in [1.54, 1.807) is 12.4 Å². The van der Waals surface area contributed by atoms with Crippen LogP contribution < -0.4 is 10.6 Å². The first kappa shape index (κ1) is 18.6. The Morgan fingerprint density at radius 2 is 1.74 bits per heavy atom. The van der Waals surface area contributed by atoms with Gasteiger partial charge in [-0.2, -0.15) is 5.10 Å². The Balaban J connectivity index is 1.47. The molecule has 2 amide bonds. The number of urea groups is 1. The summed E-state index contributed by atoms with van der Waals surface area (Å²) in [6, 6.07) is 13.5. The summed E-state index contributed by atoms with van der Waals surface area (Å²) in [6.45, 7) is 7.58. The van der Waals surface area contributed by atoms with Crippen LogP contribution in [0, 0.1) is 0 Å². The predicted molar refractivity (Wildman–Crippen MR) is 108 cm³/mol. The van der Waals surface area contributed by atoms with Crippen LogP contribution in [-0.4, -0.2) is 27.3 Å². The molecule has 2 aromatic heterocycles. The average Bonchev–Trinajstić information content (AvgIpc) is 3.11. The fourth-order valence-electron chi connectivity index (χ4n) is 2.68. The van der Waals surface area contributed by atoms with E-state index in [0.717, 1.165) is 16.9 Å². The molecule has 27 heavy (non-hydrogen) atoms. The number of nitrogens with one attached hydrogen (secondary N) is 2. The predicted octanol–water partition coefficient (Wildman–Crippen LogP) is 4.06. The maximum Gasteiger partial charge on any atom is 0.319 e. The van der Waals surface area contributed by atoms with E-state index < -0.39 is 0 Å². The summed E-state index contributed by atoms with van der Waals surface area (Å²) in [5.74, 6) is 0. The SMILES string of the molecule is CC(C)(C)c1ccc(NC(=O)NCCn2ccc(-c3ccncc3)n2)cc1. The lowest BCUT2D eigenvalue weighted by Gasteiger charge is -2.19. The van der Waals surface area contributed by atoms with Gasteiger partial charge in [0.25, 0.3) is 0 Å². The number of nitrogens with zero attached hydrogens (tertiary/aromatic N) is 3. The van der Waals surface area contributed by atoms with Crippen LogP contribution >= 0.6 is 0 Å². The Bertz CT molecular complexity index is 879. The molecular formula is C21H25N5O. The van der Waals surface area contributed by atoms with E-state index in [2.05, 4.69) is 41.5 Å². The summed E-state index contributed by atoms with van der Waals surface area (Å²) in [6.07, 6.45) is 5.39. The van der Waals surface area contributed by atoms with Crippen LogP contribution in [0.2, 0.25) is 0 Å². The van der Waals surface area contributed by atoms with Gasteiger partial charge in [-0.3, -0.25) is 9.67 Å². The molecule has 140 valence electrons. The molecule has 3 rings (SSSR count). The lowest BCUT2D eigenvalue weighted by Crippen LogP contribution is -2.31. The van der Waals surface area contributed by atoms with Crippen molar-refractivity contribution in [1.82, 2.24) is 20.1 Å². The van der Waals surface area contributed by atoms with Crippen LogP contribution in [0.5, 0.6) is 0 Å². The van der Waals surface area contributed by atoms with Crippen molar-refractivity contribution < 1.29 is 4.79 Å². The molecule has 0 atom stereocenters. The number of pyridine rings is 1. The van der Waals surface area contributed by atoms with Gasteiger partial charge in [0.2, 0.25) is 0 Å². The van der Waals surface area contributed by atoms with Crippen molar-refractivity contribution in [3.05, 3.63) is 66.6 Å². The topological polar surface area (TPSA) is 71.8 Å². The lowest BCUT2D eigenvalue weighted by atomic mass is 9.87. The van der Waals surface area contributed by atoms with Gasteiger partial charge in [0, 0.05) is 36.4 Å². The Kier molecular flexibility index (Phi) is 5.54. The van der Waals surface area contributed by atoms with Crippen LogP contribution in [0.1, 0.15) is 26.3 Å². The van der Waals surface area contributed by atoms with Crippen molar-refractivity contribution in [3.8, 4) is 11.3 Å². The molecule has 0 aliphatic heterocycles. The third-order valence-electron chi connectivity index (χ3n) is 4.25. The highest BCUT2D eigenvalue weighted by Gasteiger charge is 2.13. The number of hydrogen-bond donors (Lipinski definition) is 2. The van der Waals surface area contributed by atoms with Crippen LogP contribution in [0.15, 0.2) is 61.1 Å². The number of amides is 2. The third-order valence-corrected chi connectivity index (χ3v) is 4.25. The highest BCUT2D eigenvalue weighted by atomic mass is 16.2. The zero-order valence-electron chi connectivity index (χ0n) is 15.9. The molecule has 0 aliphatic rings. The summed E-state index contributed by atoms with van der Waals surface area (Å²) in [7, 11) is 0. The fourth-order valence-corrected chi connectivity index (χ4v) is 2.68. The first-order chi connectivity index (χ1) is 12.9. The normalized spacial score (nSPS) is 11.2. The average molecular weight is 363 g/mol. The van der Waals surface area contributed by atoms with Crippen molar-refractivity contribution in [2.75, 3.05) is 11.9 Å². The van der Waals surface area contributed by atoms with Crippen LogP contribution in [0.3, 0.4) is 0 Å². The van der Waals surface area contributed by atoms with Gasteiger partial charge in [0.1, 0.15) is 0 Å². The second-order valence-corrected chi connectivity index (χ2v) is 7.41. The number of carbonyl (C=O) groups excluding carboxylic acids is 1. The quantitative estimate of drug-likeness (QED) is 0.718. The van der Waals surface area contributed by atoms with Gasteiger partial charge in [-0.15, -0.1) is 0 Å². The Labute approximate surface area is 159 Å². The molecule has 6 heteroatoms. The number of rotatable bonds is 5. The summed E-state index contributed by atoms with van der Waals surface area (Å²) in [4.78, 5) is 16.1. The van der Waals surface area contributed by atoms with E-state index in [1.807, 2.05) is 53.3 Å². The molecular weight excluding hydrogens is 338 g/mol. The number of anilines is 1. The molecule has 0 aliphatic carbocycles. The van der Waals surface area contributed by atoms with Gasteiger partial charge in [0.15, 0.2) is 0 Å². The highest BCUT2D eigenvalue weighted by Crippen LogP contribution is 2.23.